The van der Waals surface area contributed by atoms with Gasteiger partial charge >= 0.3 is 0 Å². The van der Waals surface area contributed by atoms with E-state index in [9.17, 15) is 9.59 Å². The van der Waals surface area contributed by atoms with Gasteiger partial charge in [0, 0.05) is 24.2 Å². The van der Waals surface area contributed by atoms with Crippen molar-refractivity contribution in [1.29, 1.82) is 0 Å². The number of rotatable bonds is 3. The third-order valence-electron chi connectivity index (χ3n) is 3.81. The first-order chi connectivity index (χ1) is 10.6. The summed E-state index contributed by atoms with van der Waals surface area (Å²) < 4.78 is 0. The molecule has 1 atom stereocenters. The van der Waals surface area contributed by atoms with Gasteiger partial charge in [0.1, 0.15) is 0 Å². The van der Waals surface area contributed by atoms with E-state index >= 15 is 0 Å². The minimum atomic E-state index is -0.152. The van der Waals surface area contributed by atoms with Gasteiger partial charge in [-0.05, 0) is 31.2 Å². The summed E-state index contributed by atoms with van der Waals surface area (Å²) in [6, 6.07) is 16.8. The van der Waals surface area contributed by atoms with Crippen LogP contribution in [0.25, 0.3) is 0 Å². The summed E-state index contributed by atoms with van der Waals surface area (Å²) in [5.74, 6) is -0.0860. The second-order valence-corrected chi connectivity index (χ2v) is 5.58. The average molecular weight is 294 g/mol. The van der Waals surface area contributed by atoms with Gasteiger partial charge in [0.2, 0.25) is 5.91 Å². The molecule has 0 bridgehead atoms. The van der Waals surface area contributed by atoms with Gasteiger partial charge in [-0.1, -0.05) is 35.9 Å². The number of hydrogen-bond acceptors (Lipinski definition) is 2. The molecule has 0 spiro atoms. The molecule has 22 heavy (non-hydrogen) atoms. The summed E-state index contributed by atoms with van der Waals surface area (Å²) in [6.07, 6.45) is 0.340. The number of anilines is 1. The molecule has 112 valence electrons. The van der Waals surface area contributed by atoms with Gasteiger partial charge in [-0.3, -0.25) is 9.59 Å². The van der Waals surface area contributed by atoms with Crippen molar-refractivity contribution in [2.75, 3.05) is 11.4 Å². The maximum atomic E-state index is 12.3. The third kappa shape index (κ3) is 3.01. The Labute approximate surface area is 129 Å². The minimum Gasteiger partial charge on any atom is -0.347 e. The van der Waals surface area contributed by atoms with Crippen LogP contribution >= 0.6 is 0 Å². The molecule has 4 nitrogen and oxygen atoms in total. The van der Waals surface area contributed by atoms with Crippen molar-refractivity contribution in [2.45, 2.75) is 19.4 Å². The molecule has 2 aromatic carbocycles. The smallest absolute Gasteiger partial charge is 0.251 e. The number of nitrogens with one attached hydrogen (secondary N) is 1. The minimum absolute atomic E-state index is 0.0424. The van der Waals surface area contributed by atoms with E-state index in [0.29, 0.717) is 18.5 Å². The van der Waals surface area contributed by atoms with Crippen LogP contribution in [0.2, 0.25) is 0 Å². The first-order valence-corrected chi connectivity index (χ1v) is 7.36. The summed E-state index contributed by atoms with van der Waals surface area (Å²) in [6.45, 7) is 2.47. The van der Waals surface area contributed by atoms with E-state index in [-0.39, 0.29) is 17.9 Å². The number of nitrogens with zero attached hydrogens (tertiary/aromatic N) is 1. The Balaban J connectivity index is 1.68. The van der Waals surface area contributed by atoms with Crippen LogP contribution in [0, 0.1) is 6.92 Å². The Morgan fingerprint density at radius 3 is 2.64 bits per heavy atom. The average Bonchev–Trinajstić information content (AvgIpc) is 2.88. The monoisotopic (exact) mass is 294 g/mol. The van der Waals surface area contributed by atoms with Gasteiger partial charge < -0.3 is 10.2 Å². The van der Waals surface area contributed by atoms with Gasteiger partial charge in [-0.2, -0.15) is 0 Å². The highest BCUT2D eigenvalue weighted by molar-refractivity contribution is 5.99. The first-order valence-electron chi connectivity index (χ1n) is 7.36. The van der Waals surface area contributed by atoms with Crippen molar-refractivity contribution in [3.63, 3.8) is 0 Å². The summed E-state index contributed by atoms with van der Waals surface area (Å²) in [5, 5.41) is 2.95. The van der Waals surface area contributed by atoms with Crippen LogP contribution in [-0.4, -0.2) is 24.4 Å². The molecule has 1 aliphatic rings. The summed E-state index contributed by atoms with van der Waals surface area (Å²) in [5.41, 5.74) is 2.55. The van der Waals surface area contributed by atoms with E-state index in [4.69, 9.17) is 0 Å². The van der Waals surface area contributed by atoms with Gasteiger partial charge in [-0.15, -0.1) is 0 Å². The lowest BCUT2D eigenvalue weighted by molar-refractivity contribution is -0.117. The summed E-state index contributed by atoms with van der Waals surface area (Å²) in [4.78, 5) is 26.1. The number of aryl methyl sites for hydroxylation is 1. The van der Waals surface area contributed by atoms with Crippen LogP contribution in [0.15, 0.2) is 54.6 Å². The molecule has 3 rings (SSSR count). The predicted molar refractivity (Wildman–Crippen MR) is 85.8 cm³/mol. The van der Waals surface area contributed by atoms with Crippen LogP contribution in [0.1, 0.15) is 22.3 Å². The zero-order valence-electron chi connectivity index (χ0n) is 12.5. The number of carbonyl (C=O) groups is 2. The van der Waals surface area contributed by atoms with Crippen molar-refractivity contribution in [3.8, 4) is 0 Å². The number of hydrogen-bond donors (Lipinski definition) is 1. The SMILES string of the molecule is Cc1cccc(C(=O)N[C@@H]2CC(=O)N(c3ccccc3)C2)c1. The fourth-order valence-corrected chi connectivity index (χ4v) is 2.72. The number of carbonyl (C=O) groups excluding carboxylic acids is 2. The predicted octanol–water partition coefficient (Wildman–Crippen LogP) is 2.53. The molecular weight excluding hydrogens is 276 g/mol. The maximum absolute atomic E-state index is 12.3. The maximum Gasteiger partial charge on any atom is 0.251 e. The second kappa shape index (κ2) is 6.02. The number of benzene rings is 2. The third-order valence-corrected chi connectivity index (χ3v) is 3.81. The van der Waals surface area contributed by atoms with Crippen molar-refractivity contribution in [3.05, 3.63) is 65.7 Å². The van der Waals surface area contributed by atoms with Crippen LogP contribution < -0.4 is 10.2 Å². The van der Waals surface area contributed by atoms with Gasteiger partial charge in [-0.25, -0.2) is 0 Å². The van der Waals surface area contributed by atoms with E-state index < -0.39 is 0 Å². The van der Waals surface area contributed by atoms with Crippen molar-refractivity contribution >= 4 is 17.5 Å². The molecule has 1 aliphatic heterocycles. The van der Waals surface area contributed by atoms with Gasteiger partial charge in [0.05, 0.1) is 6.04 Å². The molecule has 2 aromatic rings. The Morgan fingerprint density at radius 2 is 1.91 bits per heavy atom. The van der Waals surface area contributed by atoms with Gasteiger partial charge in [0.25, 0.3) is 5.91 Å². The standard InChI is InChI=1S/C18H18N2O2/c1-13-6-5-7-14(10-13)18(22)19-15-11-17(21)20(12-15)16-8-3-2-4-9-16/h2-10,15H,11-12H2,1H3,(H,19,22)/t15-/m1/s1. The van der Waals surface area contributed by atoms with Crippen molar-refractivity contribution in [2.24, 2.45) is 0 Å². The van der Waals surface area contributed by atoms with E-state index in [1.54, 1.807) is 11.0 Å². The molecule has 0 radical (unpaired) electrons. The summed E-state index contributed by atoms with van der Waals surface area (Å²) in [7, 11) is 0. The van der Waals surface area contributed by atoms with Crippen molar-refractivity contribution < 1.29 is 9.59 Å². The lowest BCUT2D eigenvalue weighted by atomic mass is 10.1. The quantitative estimate of drug-likeness (QED) is 0.945. The Bertz CT molecular complexity index is 697. The lowest BCUT2D eigenvalue weighted by Gasteiger charge is -2.17. The fraction of sp³-hybridized carbons (Fsp3) is 0.222. The lowest BCUT2D eigenvalue weighted by Crippen LogP contribution is -2.37. The number of para-hydroxylation sites is 1. The van der Waals surface area contributed by atoms with Crippen LogP contribution in [-0.2, 0) is 4.79 Å². The van der Waals surface area contributed by atoms with E-state index in [2.05, 4.69) is 5.32 Å². The molecule has 1 heterocycles. The second-order valence-electron chi connectivity index (χ2n) is 5.58. The van der Waals surface area contributed by atoms with E-state index in [0.717, 1.165) is 11.3 Å². The zero-order chi connectivity index (χ0) is 15.5. The van der Waals surface area contributed by atoms with Gasteiger partial charge in [0.15, 0.2) is 0 Å². The first kappa shape index (κ1) is 14.3. The fourth-order valence-electron chi connectivity index (χ4n) is 2.72. The molecule has 1 fully saturated rings. The molecule has 1 N–H and O–H groups in total. The highest BCUT2D eigenvalue weighted by atomic mass is 16.2. The molecule has 1 saturated heterocycles. The summed E-state index contributed by atoms with van der Waals surface area (Å²) >= 11 is 0. The van der Waals surface area contributed by atoms with E-state index in [1.807, 2.05) is 55.5 Å². The molecule has 0 aliphatic carbocycles. The molecular formula is C18H18N2O2. The Hall–Kier alpha value is -2.62. The largest absolute Gasteiger partial charge is 0.347 e. The molecule has 4 heteroatoms. The number of amides is 2. The van der Waals surface area contributed by atoms with Crippen LogP contribution in [0.3, 0.4) is 0 Å². The Morgan fingerprint density at radius 1 is 1.14 bits per heavy atom. The van der Waals surface area contributed by atoms with Crippen molar-refractivity contribution in [1.82, 2.24) is 5.32 Å². The topological polar surface area (TPSA) is 49.4 Å². The van der Waals surface area contributed by atoms with E-state index in [1.165, 1.54) is 0 Å². The van der Waals surface area contributed by atoms with Crippen LogP contribution in [0.4, 0.5) is 5.69 Å². The zero-order valence-corrected chi connectivity index (χ0v) is 12.5. The highest BCUT2D eigenvalue weighted by Gasteiger charge is 2.31. The Kier molecular flexibility index (Phi) is 3.92. The molecule has 0 aromatic heterocycles. The molecule has 0 saturated carbocycles. The normalized spacial score (nSPS) is 17.6. The highest BCUT2D eigenvalue weighted by Crippen LogP contribution is 2.21. The molecule has 0 unspecified atom stereocenters. The molecule has 2 amide bonds. The van der Waals surface area contributed by atoms with Crippen LogP contribution in [0.5, 0.6) is 0 Å².